The zero-order chi connectivity index (χ0) is 13.3. The number of carbonyl (C=O) groups is 1. The fourth-order valence-electron chi connectivity index (χ4n) is 2.27. The normalized spacial score (nSPS) is 17.3. The maximum absolute atomic E-state index is 12.4. The minimum atomic E-state index is -0.409. The van der Waals surface area contributed by atoms with Crippen LogP contribution in [0.5, 0.6) is 0 Å². The number of para-hydroxylation sites is 1. The van der Waals surface area contributed by atoms with Crippen molar-refractivity contribution in [3.63, 3.8) is 0 Å². The minimum absolute atomic E-state index is 0.127. The molecule has 18 heavy (non-hydrogen) atoms. The van der Waals surface area contributed by atoms with E-state index in [9.17, 15) is 4.79 Å². The predicted molar refractivity (Wildman–Crippen MR) is 75.5 cm³/mol. The third-order valence-electron chi connectivity index (χ3n) is 3.34. The van der Waals surface area contributed by atoms with Gasteiger partial charge in [0.05, 0.1) is 11.1 Å². The van der Waals surface area contributed by atoms with Crippen molar-refractivity contribution in [1.29, 1.82) is 0 Å². The molecule has 2 heteroatoms. The van der Waals surface area contributed by atoms with Gasteiger partial charge < -0.3 is 0 Å². The van der Waals surface area contributed by atoms with Gasteiger partial charge in [0.1, 0.15) is 0 Å². The third-order valence-corrected chi connectivity index (χ3v) is 3.34. The van der Waals surface area contributed by atoms with Crippen LogP contribution >= 0.6 is 0 Å². The average Bonchev–Trinajstić information content (AvgIpc) is 2.56. The van der Waals surface area contributed by atoms with Crippen LogP contribution in [0.2, 0.25) is 0 Å². The second-order valence-corrected chi connectivity index (χ2v) is 5.29. The predicted octanol–water partition coefficient (Wildman–Crippen LogP) is 3.61. The monoisotopic (exact) mass is 241 g/mol. The van der Waals surface area contributed by atoms with Crippen LogP contribution in [0.25, 0.3) is 0 Å². The molecule has 0 atom stereocenters. The first-order valence-electron chi connectivity index (χ1n) is 6.20. The Morgan fingerprint density at radius 2 is 2.11 bits per heavy atom. The lowest BCUT2D eigenvalue weighted by molar-refractivity contribution is -0.122. The Hall–Kier alpha value is -1.83. The van der Waals surface area contributed by atoms with Gasteiger partial charge in [-0.05, 0) is 38.3 Å². The van der Waals surface area contributed by atoms with Crippen molar-refractivity contribution in [2.75, 3.05) is 4.90 Å². The molecule has 1 aromatic rings. The smallest absolute Gasteiger partial charge is 0.240 e. The lowest BCUT2D eigenvalue weighted by Gasteiger charge is -2.24. The summed E-state index contributed by atoms with van der Waals surface area (Å²) in [7, 11) is 0. The topological polar surface area (TPSA) is 20.3 Å². The van der Waals surface area contributed by atoms with Crippen LogP contribution in [0.3, 0.4) is 0 Å². The van der Waals surface area contributed by atoms with Crippen LogP contribution in [0, 0.1) is 12.3 Å². The molecule has 2 nitrogen and oxygen atoms in total. The fourth-order valence-corrected chi connectivity index (χ4v) is 2.27. The number of hydrogen-bond donors (Lipinski definition) is 0. The van der Waals surface area contributed by atoms with E-state index in [1.54, 1.807) is 4.90 Å². The van der Waals surface area contributed by atoms with Crippen molar-refractivity contribution in [3.8, 4) is 0 Å². The lowest BCUT2D eigenvalue weighted by Crippen LogP contribution is -2.31. The molecule has 0 aromatic heterocycles. The summed E-state index contributed by atoms with van der Waals surface area (Å²) in [6, 6.07) is 6.11. The average molecular weight is 241 g/mol. The molecule has 0 saturated heterocycles. The number of rotatable bonds is 3. The van der Waals surface area contributed by atoms with Crippen LogP contribution < -0.4 is 4.90 Å². The van der Waals surface area contributed by atoms with Gasteiger partial charge in [-0.25, -0.2) is 0 Å². The first-order valence-corrected chi connectivity index (χ1v) is 6.20. The molecule has 1 aliphatic heterocycles. The molecule has 0 bridgehead atoms. The number of allylic oxidation sites excluding steroid dienone is 1. The zero-order valence-electron chi connectivity index (χ0n) is 11.2. The van der Waals surface area contributed by atoms with Crippen LogP contribution in [-0.2, 0) is 11.2 Å². The van der Waals surface area contributed by atoms with Crippen molar-refractivity contribution in [2.24, 2.45) is 5.41 Å². The highest BCUT2D eigenvalue weighted by atomic mass is 16.2. The molecule has 94 valence electrons. The van der Waals surface area contributed by atoms with Gasteiger partial charge in [-0.2, -0.15) is 0 Å². The Balaban J connectivity index is 2.49. The summed E-state index contributed by atoms with van der Waals surface area (Å²) in [5.41, 5.74) is 2.85. The molecule has 0 aliphatic carbocycles. The lowest BCUT2D eigenvalue weighted by atomic mass is 9.94. The highest BCUT2D eigenvalue weighted by molar-refractivity contribution is 6.03. The Morgan fingerprint density at radius 3 is 2.67 bits per heavy atom. The van der Waals surface area contributed by atoms with E-state index in [-0.39, 0.29) is 5.91 Å². The van der Waals surface area contributed by atoms with Gasteiger partial charge in [0.25, 0.3) is 0 Å². The van der Waals surface area contributed by atoms with E-state index in [0.29, 0.717) is 0 Å². The molecule has 0 unspecified atom stereocenters. The van der Waals surface area contributed by atoms with Gasteiger partial charge in [0, 0.05) is 6.20 Å². The Labute approximate surface area is 109 Å². The van der Waals surface area contributed by atoms with Crippen molar-refractivity contribution in [3.05, 3.63) is 54.3 Å². The highest BCUT2D eigenvalue weighted by Crippen LogP contribution is 2.35. The van der Waals surface area contributed by atoms with Gasteiger partial charge in [-0.3, -0.25) is 9.69 Å². The fraction of sp³-hybridized carbons (Fsp3) is 0.312. The largest absolute Gasteiger partial charge is 0.287 e. The Kier molecular flexibility index (Phi) is 3.12. The first kappa shape index (κ1) is 12.6. The SMILES string of the molecule is C=CCc1cccc(C)c1N1C=CC(C)(C)C1=O. The minimum Gasteiger partial charge on any atom is -0.287 e. The van der Waals surface area contributed by atoms with E-state index in [0.717, 1.165) is 23.2 Å². The Morgan fingerprint density at radius 1 is 1.39 bits per heavy atom. The molecule has 2 rings (SSSR count). The molecule has 0 saturated carbocycles. The van der Waals surface area contributed by atoms with E-state index in [4.69, 9.17) is 0 Å². The van der Waals surface area contributed by atoms with E-state index in [1.807, 2.05) is 51.3 Å². The van der Waals surface area contributed by atoms with E-state index in [2.05, 4.69) is 12.6 Å². The highest BCUT2D eigenvalue weighted by Gasteiger charge is 2.35. The molecular formula is C16H19NO. The molecule has 1 heterocycles. The van der Waals surface area contributed by atoms with Crippen LogP contribution in [0.15, 0.2) is 43.1 Å². The molecule has 0 spiro atoms. The molecule has 0 N–H and O–H groups in total. The number of anilines is 1. The van der Waals surface area contributed by atoms with Crippen molar-refractivity contribution in [2.45, 2.75) is 27.2 Å². The maximum atomic E-state index is 12.4. The second-order valence-electron chi connectivity index (χ2n) is 5.29. The Bertz CT molecular complexity index is 526. The van der Waals surface area contributed by atoms with Crippen molar-refractivity contribution >= 4 is 11.6 Å². The summed E-state index contributed by atoms with van der Waals surface area (Å²) in [6.45, 7) is 9.70. The summed E-state index contributed by atoms with van der Waals surface area (Å²) in [5, 5.41) is 0. The second kappa shape index (κ2) is 4.45. The van der Waals surface area contributed by atoms with Gasteiger partial charge in [0.15, 0.2) is 0 Å². The van der Waals surface area contributed by atoms with Crippen molar-refractivity contribution < 1.29 is 4.79 Å². The maximum Gasteiger partial charge on any atom is 0.240 e. The molecule has 1 amide bonds. The first-order chi connectivity index (χ1) is 8.47. The molecule has 0 fully saturated rings. The quantitative estimate of drug-likeness (QED) is 0.740. The van der Waals surface area contributed by atoms with E-state index >= 15 is 0 Å². The molecule has 1 aliphatic rings. The summed E-state index contributed by atoms with van der Waals surface area (Å²) in [5.74, 6) is 0.127. The number of benzene rings is 1. The molecule has 0 radical (unpaired) electrons. The molecular weight excluding hydrogens is 222 g/mol. The summed E-state index contributed by atoms with van der Waals surface area (Å²) >= 11 is 0. The molecule has 1 aromatic carbocycles. The zero-order valence-corrected chi connectivity index (χ0v) is 11.2. The number of hydrogen-bond acceptors (Lipinski definition) is 1. The van der Waals surface area contributed by atoms with Gasteiger partial charge in [0.2, 0.25) is 5.91 Å². The number of nitrogens with zero attached hydrogens (tertiary/aromatic N) is 1. The van der Waals surface area contributed by atoms with Crippen LogP contribution in [0.1, 0.15) is 25.0 Å². The summed E-state index contributed by atoms with van der Waals surface area (Å²) in [4.78, 5) is 14.1. The number of aryl methyl sites for hydroxylation is 1. The number of amides is 1. The van der Waals surface area contributed by atoms with Crippen LogP contribution in [0.4, 0.5) is 5.69 Å². The summed E-state index contributed by atoms with van der Waals surface area (Å²) in [6.07, 6.45) is 6.49. The van der Waals surface area contributed by atoms with E-state index in [1.165, 1.54) is 0 Å². The van der Waals surface area contributed by atoms with Crippen molar-refractivity contribution in [1.82, 2.24) is 0 Å². The van der Waals surface area contributed by atoms with E-state index < -0.39 is 5.41 Å². The number of carbonyl (C=O) groups excluding carboxylic acids is 1. The van der Waals surface area contributed by atoms with Gasteiger partial charge in [-0.15, -0.1) is 6.58 Å². The summed E-state index contributed by atoms with van der Waals surface area (Å²) < 4.78 is 0. The van der Waals surface area contributed by atoms with Gasteiger partial charge >= 0.3 is 0 Å². The standard InChI is InChI=1S/C16H19NO/c1-5-7-13-9-6-8-12(2)14(13)17-11-10-16(3,4)15(17)18/h5-6,8-11H,1,7H2,2-4H3. The van der Waals surface area contributed by atoms with Crippen LogP contribution in [-0.4, -0.2) is 5.91 Å². The third kappa shape index (κ3) is 1.99. The van der Waals surface area contributed by atoms with Gasteiger partial charge in [-0.1, -0.05) is 30.4 Å².